The van der Waals surface area contributed by atoms with E-state index >= 15 is 0 Å². The van der Waals surface area contributed by atoms with Crippen molar-refractivity contribution in [3.8, 4) is 18.2 Å². The first-order chi connectivity index (χ1) is 16.6. The summed E-state index contributed by atoms with van der Waals surface area (Å²) in [5.74, 6) is 3.95. The van der Waals surface area contributed by atoms with Crippen LogP contribution >= 0.6 is 0 Å². The van der Waals surface area contributed by atoms with Crippen LogP contribution in [0.2, 0.25) is 0 Å². The Morgan fingerprint density at radius 3 is 2.06 bits per heavy atom. The van der Waals surface area contributed by atoms with E-state index in [1.807, 2.05) is 26.0 Å². The zero-order valence-electron chi connectivity index (χ0n) is 20.1. The van der Waals surface area contributed by atoms with Gasteiger partial charge < -0.3 is 13.9 Å². The van der Waals surface area contributed by atoms with Gasteiger partial charge in [0.25, 0.3) is 0 Å². The molecule has 9 heteroatoms. The Balaban J connectivity index is 0.000000165. The van der Waals surface area contributed by atoms with Crippen molar-refractivity contribution < 1.29 is 13.9 Å². The summed E-state index contributed by atoms with van der Waals surface area (Å²) in [5.41, 5.74) is 0.391. The molecule has 1 aromatic rings. The first kappa shape index (κ1) is 26.9. The summed E-state index contributed by atoms with van der Waals surface area (Å²) in [6, 6.07) is 6.04. The van der Waals surface area contributed by atoms with Crippen LogP contribution in [0.15, 0.2) is 15.7 Å². The number of rotatable bonds is 6. The molecule has 0 unspecified atom stereocenters. The van der Waals surface area contributed by atoms with Gasteiger partial charge in [0.1, 0.15) is 18.9 Å². The van der Waals surface area contributed by atoms with Gasteiger partial charge in [0.05, 0.1) is 25.4 Å². The SMILES string of the molecule is CCOC(=N)C1CC1.CCOC(=NCC#N)C1CC1.N#CC1CC1.N#Cc1coc(C2CC2)n1. The van der Waals surface area contributed by atoms with Crippen molar-refractivity contribution in [3.05, 3.63) is 17.8 Å². The molecule has 4 fully saturated rings. The Kier molecular flexibility index (Phi) is 11.6. The molecular formula is C25H34N6O3. The topological polar surface area (TPSA) is 152 Å². The van der Waals surface area contributed by atoms with Crippen LogP contribution in [0.1, 0.15) is 82.7 Å². The number of hydrogen-bond acceptors (Lipinski definition) is 9. The summed E-state index contributed by atoms with van der Waals surface area (Å²) >= 11 is 0. The van der Waals surface area contributed by atoms with Gasteiger partial charge in [-0.05, 0) is 65.2 Å². The maximum Gasteiger partial charge on any atom is 0.198 e. The quantitative estimate of drug-likeness (QED) is 0.347. The second-order valence-electron chi connectivity index (χ2n) is 8.45. The lowest BCUT2D eigenvalue weighted by atomic mass is 10.4. The average molecular weight is 467 g/mol. The standard InChI is InChI=1S/C8H12N2O.C7H6N2O.C6H11NO.C4H5N/c1-2-11-8(7-3-4-7)10-6-5-9;8-3-6-4-10-7(9-6)5-1-2-5;1-2-8-6(7)5-3-4-5;5-3-4-1-2-4/h7H,2-4,6H2,1H3;4-5H,1-2H2;5,7H,2-4H2,1H3;4H,1-2H2. The van der Waals surface area contributed by atoms with Gasteiger partial charge in [-0.2, -0.15) is 15.8 Å². The van der Waals surface area contributed by atoms with Crippen LogP contribution in [0.3, 0.4) is 0 Å². The maximum atomic E-state index is 8.38. The lowest BCUT2D eigenvalue weighted by Crippen LogP contribution is -2.07. The zero-order chi connectivity index (χ0) is 24.8. The van der Waals surface area contributed by atoms with Crippen LogP contribution in [-0.2, 0) is 9.47 Å². The lowest BCUT2D eigenvalue weighted by Gasteiger charge is -2.03. The Hall–Kier alpha value is -3.38. The predicted molar refractivity (Wildman–Crippen MR) is 126 cm³/mol. The molecule has 1 N–H and O–H groups in total. The molecule has 9 nitrogen and oxygen atoms in total. The van der Waals surface area contributed by atoms with Crippen LogP contribution < -0.4 is 0 Å². The molecule has 5 rings (SSSR count). The Labute approximate surface area is 201 Å². The van der Waals surface area contributed by atoms with E-state index in [9.17, 15) is 0 Å². The molecule has 0 aromatic carbocycles. The smallest absolute Gasteiger partial charge is 0.198 e. The minimum atomic E-state index is 0.228. The van der Waals surface area contributed by atoms with E-state index in [1.54, 1.807) is 0 Å². The molecule has 0 radical (unpaired) electrons. The highest BCUT2D eigenvalue weighted by Crippen LogP contribution is 2.39. The highest BCUT2D eigenvalue weighted by atomic mass is 16.5. The summed E-state index contributed by atoms with van der Waals surface area (Å²) in [7, 11) is 0. The number of nitrogens with zero attached hydrogens (tertiary/aromatic N) is 5. The number of nitriles is 3. The molecule has 4 aliphatic carbocycles. The molecule has 0 saturated heterocycles. The molecule has 4 aliphatic rings. The van der Waals surface area contributed by atoms with Gasteiger partial charge in [-0.1, -0.05) is 0 Å². The van der Waals surface area contributed by atoms with Gasteiger partial charge in [-0.25, -0.2) is 9.98 Å². The van der Waals surface area contributed by atoms with Crippen molar-refractivity contribution >= 4 is 11.8 Å². The maximum absolute atomic E-state index is 8.38. The number of aromatic nitrogens is 1. The monoisotopic (exact) mass is 466 g/mol. The molecule has 0 amide bonds. The van der Waals surface area contributed by atoms with Crippen LogP contribution in [0.25, 0.3) is 0 Å². The fraction of sp³-hybridized carbons (Fsp3) is 0.680. The lowest BCUT2D eigenvalue weighted by molar-refractivity contribution is 0.311. The molecule has 1 heterocycles. The Bertz CT molecular complexity index is 920. The third kappa shape index (κ3) is 11.5. The van der Waals surface area contributed by atoms with E-state index < -0.39 is 0 Å². The molecule has 0 atom stereocenters. The van der Waals surface area contributed by atoms with Gasteiger partial charge in [0.15, 0.2) is 23.4 Å². The average Bonchev–Trinajstić information content (AvgIpc) is 3.66. The fourth-order valence-electron chi connectivity index (χ4n) is 2.57. The van der Waals surface area contributed by atoms with E-state index in [4.69, 9.17) is 35.1 Å². The summed E-state index contributed by atoms with van der Waals surface area (Å²) in [6.45, 7) is 5.38. The predicted octanol–water partition coefficient (Wildman–Crippen LogP) is 5.11. The number of nitrogens with one attached hydrogen (secondary N) is 1. The van der Waals surface area contributed by atoms with E-state index in [2.05, 4.69) is 16.0 Å². The molecule has 4 saturated carbocycles. The highest BCUT2D eigenvalue weighted by molar-refractivity contribution is 5.81. The normalized spacial score (nSPS) is 18.0. The number of ether oxygens (including phenoxy) is 2. The fourth-order valence-corrected chi connectivity index (χ4v) is 2.57. The summed E-state index contributed by atoms with van der Waals surface area (Å²) < 4.78 is 15.3. The molecule has 0 bridgehead atoms. The highest BCUT2D eigenvalue weighted by Gasteiger charge is 2.29. The van der Waals surface area contributed by atoms with Crippen molar-refractivity contribution in [3.63, 3.8) is 0 Å². The van der Waals surface area contributed by atoms with E-state index in [1.165, 1.54) is 31.9 Å². The second kappa shape index (κ2) is 14.7. The number of hydrogen-bond donors (Lipinski definition) is 1. The second-order valence-corrected chi connectivity index (χ2v) is 8.45. The molecule has 34 heavy (non-hydrogen) atoms. The van der Waals surface area contributed by atoms with Crippen molar-refractivity contribution in [1.82, 2.24) is 4.98 Å². The van der Waals surface area contributed by atoms with Crippen LogP contribution in [0, 0.1) is 57.2 Å². The van der Waals surface area contributed by atoms with Gasteiger partial charge in [0, 0.05) is 23.7 Å². The first-order valence-corrected chi connectivity index (χ1v) is 12.1. The third-order valence-corrected chi connectivity index (χ3v) is 5.10. The van der Waals surface area contributed by atoms with Crippen molar-refractivity contribution in [2.24, 2.45) is 22.7 Å². The summed E-state index contributed by atoms with van der Waals surface area (Å²) in [4.78, 5) is 7.99. The third-order valence-electron chi connectivity index (χ3n) is 5.10. The minimum Gasteiger partial charge on any atom is -0.481 e. The van der Waals surface area contributed by atoms with Gasteiger partial charge in [0.2, 0.25) is 0 Å². The molecule has 1 aromatic heterocycles. The van der Waals surface area contributed by atoms with Crippen molar-refractivity contribution in [2.45, 2.75) is 71.1 Å². The van der Waals surface area contributed by atoms with Crippen molar-refractivity contribution in [2.75, 3.05) is 19.8 Å². The molecule has 182 valence electrons. The number of oxazole rings is 1. The van der Waals surface area contributed by atoms with E-state index in [0.29, 0.717) is 48.5 Å². The van der Waals surface area contributed by atoms with Gasteiger partial charge in [-0.3, -0.25) is 5.41 Å². The summed E-state index contributed by atoms with van der Waals surface area (Å²) in [6.07, 6.45) is 10.7. The zero-order valence-corrected chi connectivity index (χ0v) is 20.1. The molecule has 0 aliphatic heterocycles. The van der Waals surface area contributed by atoms with Crippen LogP contribution in [-0.4, -0.2) is 36.5 Å². The largest absolute Gasteiger partial charge is 0.481 e. The van der Waals surface area contributed by atoms with E-state index in [-0.39, 0.29) is 6.54 Å². The van der Waals surface area contributed by atoms with E-state index in [0.717, 1.165) is 37.5 Å². The van der Waals surface area contributed by atoms with Crippen LogP contribution in [0.4, 0.5) is 0 Å². The Morgan fingerprint density at radius 2 is 1.68 bits per heavy atom. The molecular weight excluding hydrogens is 432 g/mol. The number of aliphatic imine (C=N–C) groups is 1. The van der Waals surface area contributed by atoms with Gasteiger partial charge >= 0.3 is 0 Å². The first-order valence-electron chi connectivity index (χ1n) is 12.1. The molecule has 0 spiro atoms. The summed E-state index contributed by atoms with van der Waals surface area (Å²) in [5, 5.41) is 31.8. The minimum absolute atomic E-state index is 0.228. The van der Waals surface area contributed by atoms with Crippen LogP contribution in [0.5, 0.6) is 0 Å². The van der Waals surface area contributed by atoms with Crippen molar-refractivity contribution in [1.29, 1.82) is 21.2 Å². The Morgan fingerprint density at radius 1 is 1.03 bits per heavy atom. The van der Waals surface area contributed by atoms with Gasteiger partial charge in [-0.15, -0.1) is 0 Å².